The predicted molar refractivity (Wildman–Crippen MR) is 201 cm³/mol. The summed E-state index contributed by atoms with van der Waals surface area (Å²) in [4.78, 5) is 41.7. The summed E-state index contributed by atoms with van der Waals surface area (Å²) in [7, 11) is 4.86. The van der Waals surface area contributed by atoms with E-state index in [-0.39, 0.29) is 51.0 Å². The number of carbonyl (C=O) groups excluding carboxylic acids is 3. The first-order valence-corrected chi connectivity index (χ1v) is 17.9. The number of nitrogens with one attached hydrogen (secondary N) is 1. The molecule has 14 nitrogen and oxygen atoms in total. The van der Waals surface area contributed by atoms with E-state index in [2.05, 4.69) is 5.32 Å². The van der Waals surface area contributed by atoms with Crippen LogP contribution in [0.25, 0.3) is 10.8 Å². The highest BCUT2D eigenvalue weighted by atomic mass is 16.7. The van der Waals surface area contributed by atoms with Gasteiger partial charge in [0.05, 0.1) is 41.2 Å². The van der Waals surface area contributed by atoms with Crippen molar-refractivity contribution in [1.82, 2.24) is 4.90 Å². The summed E-state index contributed by atoms with van der Waals surface area (Å²) < 4.78 is 23.5. The molecule has 0 saturated heterocycles. The molecule has 3 aliphatic rings. The Hall–Kier alpha value is -4.63. The number of esters is 1. The molecular formula is C40H54N2O12. The molecule has 5 bridgehead atoms. The van der Waals surface area contributed by atoms with Gasteiger partial charge in [-0.1, -0.05) is 45.9 Å². The van der Waals surface area contributed by atoms with Crippen LogP contribution in [0.1, 0.15) is 70.0 Å². The molecule has 0 fully saturated rings. The number of ether oxygens (including phenoxy) is 4. The van der Waals surface area contributed by atoms with Gasteiger partial charge in [0.15, 0.2) is 5.75 Å². The van der Waals surface area contributed by atoms with Crippen LogP contribution in [-0.2, 0) is 30.3 Å². The van der Waals surface area contributed by atoms with Crippen molar-refractivity contribution in [3.8, 4) is 23.0 Å². The normalized spacial score (nSPS) is 29.6. The molecule has 0 saturated carbocycles. The minimum absolute atomic E-state index is 0.00552. The van der Waals surface area contributed by atoms with Gasteiger partial charge in [0.25, 0.3) is 11.7 Å². The number of hydrogen-bond donors (Lipinski definition) is 6. The fourth-order valence-corrected chi connectivity index (χ4v) is 7.26. The Kier molecular flexibility index (Phi) is 12.8. The van der Waals surface area contributed by atoms with Gasteiger partial charge in [-0.2, -0.15) is 0 Å². The van der Waals surface area contributed by atoms with Crippen LogP contribution >= 0.6 is 0 Å². The van der Waals surface area contributed by atoms with Crippen molar-refractivity contribution in [3.05, 3.63) is 52.8 Å². The van der Waals surface area contributed by atoms with Gasteiger partial charge in [0.2, 0.25) is 0 Å². The molecule has 296 valence electrons. The van der Waals surface area contributed by atoms with Gasteiger partial charge in [-0.15, -0.1) is 0 Å². The SMILES string of the molecule is CO[C@@H]1C=CO[C@@]2(C)Oc3c(C)c(O)c4c(O)c(c(CN(C)C)c(O)c4c3C2=O)NC(=O)C(C)=CC=C[C@H](C)[C@H](O)[C@H](C)[C@H](O)[C@H](C)[C@H](OC(C)=O)[C@@H]1C. The van der Waals surface area contributed by atoms with Crippen LogP contribution in [-0.4, -0.2) is 99.5 Å². The van der Waals surface area contributed by atoms with Gasteiger partial charge < -0.3 is 54.7 Å². The highest BCUT2D eigenvalue weighted by molar-refractivity contribution is 6.22. The quantitative estimate of drug-likeness (QED) is 0.141. The number of rotatable bonds is 4. The number of ketones is 1. The third-order valence-corrected chi connectivity index (χ3v) is 10.6. The number of amides is 1. The van der Waals surface area contributed by atoms with E-state index in [1.54, 1.807) is 58.8 Å². The average Bonchev–Trinajstić information content (AvgIpc) is 3.38. The summed E-state index contributed by atoms with van der Waals surface area (Å²) in [5.74, 6) is -7.98. The number of allylic oxidation sites excluding steroid dienone is 2. The number of nitrogens with zero attached hydrogens (tertiary/aromatic N) is 1. The lowest BCUT2D eigenvalue weighted by Gasteiger charge is -2.38. The third kappa shape index (κ3) is 7.92. The number of aromatic hydroxyl groups is 3. The largest absolute Gasteiger partial charge is 0.507 e. The smallest absolute Gasteiger partial charge is 0.312 e. The Bertz CT molecular complexity index is 1880. The number of methoxy groups -OCH3 is 1. The minimum Gasteiger partial charge on any atom is -0.507 e. The molecule has 2 aromatic carbocycles. The summed E-state index contributed by atoms with van der Waals surface area (Å²) in [6.07, 6.45) is 3.65. The van der Waals surface area contributed by atoms with E-state index >= 15 is 0 Å². The van der Waals surface area contributed by atoms with Crippen LogP contribution in [0.15, 0.2) is 36.1 Å². The maximum absolute atomic E-state index is 14.2. The second-order valence-corrected chi connectivity index (χ2v) is 14.9. The first kappa shape index (κ1) is 42.1. The molecule has 3 heterocycles. The van der Waals surface area contributed by atoms with Crippen molar-refractivity contribution >= 4 is 34.1 Å². The highest BCUT2D eigenvalue weighted by Gasteiger charge is 2.50. The molecule has 0 spiro atoms. The van der Waals surface area contributed by atoms with E-state index in [1.807, 2.05) is 0 Å². The lowest BCUT2D eigenvalue weighted by atomic mass is 9.78. The third-order valence-electron chi connectivity index (χ3n) is 10.6. The van der Waals surface area contributed by atoms with Crippen LogP contribution in [0.2, 0.25) is 0 Å². The van der Waals surface area contributed by atoms with E-state index in [0.29, 0.717) is 0 Å². The van der Waals surface area contributed by atoms with Crippen LogP contribution in [0, 0.1) is 30.6 Å². The summed E-state index contributed by atoms with van der Waals surface area (Å²) in [5, 5.41) is 59.9. The molecule has 9 atom stereocenters. The topological polar surface area (TPSA) is 205 Å². The van der Waals surface area contributed by atoms with Crippen molar-refractivity contribution in [2.75, 3.05) is 26.5 Å². The molecule has 6 N–H and O–H groups in total. The number of aliphatic hydroxyl groups excluding tert-OH is 2. The van der Waals surface area contributed by atoms with Crippen LogP contribution in [0.3, 0.4) is 0 Å². The second kappa shape index (κ2) is 16.4. The Labute approximate surface area is 315 Å². The summed E-state index contributed by atoms with van der Waals surface area (Å²) >= 11 is 0. The number of Topliss-reactive ketones (excluding diaryl/α,β-unsaturated/α-hetero) is 1. The van der Waals surface area contributed by atoms with E-state index in [4.69, 9.17) is 18.9 Å². The van der Waals surface area contributed by atoms with E-state index in [1.165, 1.54) is 53.2 Å². The number of phenolic OH excluding ortho intramolecular Hbond substituents is 3. The van der Waals surface area contributed by atoms with E-state index in [9.17, 15) is 39.9 Å². The number of benzene rings is 2. The molecule has 1 amide bonds. The molecular weight excluding hydrogens is 700 g/mol. The van der Waals surface area contributed by atoms with Crippen molar-refractivity contribution < 1.29 is 58.9 Å². The van der Waals surface area contributed by atoms with Gasteiger partial charge >= 0.3 is 11.8 Å². The summed E-state index contributed by atoms with van der Waals surface area (Å²) in [6, 6.07) is 0. The molecule has 5 rings (SSSR count). The van der Waals surface area contributed by atoms with Gasteiger partial charge in [-0.3, -0.25) is 14.4 Å². The number of hydrogen-bond acceptors (Lipinski definition) is 13. The lowest BCUT2D eigenvalue weighted by Crippen LogP contribution is -2.46. The monoisotopic (exact) mass is 754 g/mol. The molecule has 0 radical (unpaired) electrons. The first-order chi connectivity index (χ1) is 25.2. The zero-order valence-electron chi connectivity index (χ0n) is 32.8. The minimum atomic E-state index is -2.01. The van der Waals surface area contributed by atoms with Gasteiger partial charge in [0, 0.05) is 73.3 Å². The zero-order chi connectivity index (χ0) is 40.6. The van der Waals surface area contributed by atoms with Crippen molar-refractivity contribution in [2.24, 2.45) is 23.7 Å². The summed E-state index contributed by atoms with van der Waals surface area (Å²) in [6.45, 7) is 12.6. The maximum atomic E-state index is 14.2. The molecule has 2 aromatic rings. The van der Waals surface area contributed by atoms with Crippen molar-refractivity contribution in [1.29, 1.82) is 0 Å². The van der Waals surface area contributed by atoms with Crippen LogP contribution in [0.5, 0.6) is 23.0 Å². The number of fused-ring (bicyclic) bond motifs is 14. The van der Waals surface area contributed by atoms with Crippen molar-refractivity contribution in [3.63, 3.8) is 0 Å². The second-order valence-electron chi connectivity index (χ2n) is 14.9. The standard InChI is InChI=1S/C40H54N2O12/c1-18-13-12-14-19(2)39(50)41-30-25(17-42(9)10)34(47)27-28(35(30)48)33(46)23(6)37-29(27)38(49)40(8,54-37)52-16-15-26(51-11)20(3)36(53-24(7)43)22(5)32(45)21(4)31(18)44/h12-16,18,20-22,26,31-32,36,44-48H,17H2,1-11H3,(H,41,50)/t18-,20+,21-,22-,26+,31-,32-,36+,40-/m0/s1. The number of aliphatic hydroxyl groups is 2. The molecule has 0 aromatic heterocycles. The van der Waals surface area contributed by atoms with E-state index < -0.39 is 88.8 Å². The van der Waals surface area contributed by atoms with Crippen molar-refractivity contribution in [2.45, 2.75) is 92.1 Å². The first-order valence-electron chi connectivity index (χ1n) is 17.9. The Morgan fingerprint density at radius 1 is 0.944 bits per heavy atom. The molecule has 0 aliphatic carbocycles. The zero-order valence-corrected chi connectivity index (χ0v) is 32.8. The Morgan fingerprint density at radius 3 is 2.19 bits per heavy atom. The van der Waals surface area contributed by atoms with Gasteiger partial charge in [-0.05, 0) is 34.0 Å². The van der Waals surface area contributed by atoms with E-state index in [0.717, 1.165) is 0 Å². The maximum Gasteiger partial charge on any atom is 0.312 e. The fraction of sp³-hybridized carbons (Fsp3) is 0.525. The Morgan fingerprint density at radius 2 is 1.59 bits per heavy atom. The highest BCUT2D eigenvalue weighted by Crippen LogP contribution is 2.55. The van der Waals surface area contributed by atoms with Gasteiger partial charge in [-0.25, -0.2) is 0 Å². The van der Waals surface area contributed by atoms with Gasteiger partial charge in [0.1, 0.15) is 23.4 Å². The van der Waals surface area contributed by atoms with Crippen LogP contribution in [0.4, 0.5) is 5.69 Å². The fourth-order valence-electron chi connectivity index (χ4n) is 7.26. The van der Waals surface area contributed by atoms with Crippen LogP contribution < -0.4 is 10.1 Å². The molecule has 54 heavy (non-hydrogen) atoms. The number of carbonyl (C=O) groups is 3. The predicted octanol–water partition coefficient (Wildman–Crippen LogP) is 4.82. The molecule has 0 unspecified atom stereocenters. The number of anilines is 1. The summed E-state index contributed by atoms with van der Waals surface area (Å²) in [5.41, 5.74) is 0.0370. The molecule has 3 aliphatic heterocycles. The molecule has 14 heteroatoms. The number of phenols is 3. The Balaban J connectivity index is 1.96. The average molecular weight is 755 g/mol. The lowest BCUT2D eigenvalue weighted by molar-refractivity contribution is -0.160.